The molecular formula is C45H85NO2S2. The zero-order valence-electron chi connectivity index (χ0n) is 34.0. The summed E-state index contributed by atoms with van der Waals surface area (Å²) in [5.74, 6) is 2.57. The first kappa shape index (κ1) is 49.5. The predicted molar refractivity (Wildman–Crippen MR) is 230 cm³/mol. The van der Waals surface area contributed by atoms with Gasteiger partial charge in [0.1, 0.15) is 0 Å². The number of allylic oxidation sites excluding steroid dienone is 2. The summed E-state index contributed by atoms with van der Waals surface area (Å²) >= 11 is 3.02. The Morgan fingerprint density at radius 3 is 1.24 bits per heavy atom. The second-order valence-corrected chi connectivity index (χ2v) is 17.4. The van der Waals surface area contributed by atoms with Crippen molar-refractivity contribution in [3.63, 3.8) is 0 Å². The van der Waals surface area contributed by atoms with Crippen LogP contribution in [0.15, 0.2) is 24.3 Å². The van der Waals surface area contributed by atoms with E-state index in [4.69, 9.17) is 0 Å². The minimum absolute atomic E-state index is 0.374. The van der Waals surface area contributed by atoms with Crippen molar-refractivity contribution in [2.45, 2.75) is 213 Å². The molecule has 0 radical (unpaired) electrons. The van der Waals surface area contributed by atoms with Crippen LogP contribution in [0.4, 0.5) is 0 Å². The molecule has 5 heteroatoms. The Balaban J connectivity index is 3.91. The van der Waals surface area contributed by atoms with Crippen LogP contribution in [0.1, 0.15) is 213 Å². The molecule has 0 spiro atoms. The van der Waals surface area contributed by atoms with Crippen LogP contribution >= 0.6 is 23.5 Å². The maximum Gasteiger partial charge on any atom is 0.189 e. The number of hydrogen-bond acceptors (Lipinski definition) is 5. The Morgan fingerprint density at radius 1 is 0.460 bits per heavy atom. The van der Waals surface area contributed by atoms with Crippen LogP contribution in [0.5, 0.6) is 0 Å². The normalized spacial score (nSPS) is 12.0. The fraction of sp³-hybridized carbons (Fsp3) is 0.867. The van der Waals surface area contributed by atoms with Crippen molar-refractivity contribution in [3.05, 3.63) is 24.3 Å². The van der Waals surface area contributed by atoms with Gasteiger partial charge in [-0.05, 0) is 71.5 Å². The first-order chi connectivity index (χ1) is 24.5. The van der Waals surface area contributed by atoms with E-state index in [1.165, 1.54) is 203 Å². The summed E-state index contributed by atoms with van der Waals surface area (Å²) in [5.41, 5.74) is 0. The summed E-state index contributed by atoms with van der Waals surface area (Å²) in [7, 11) is 4.36. The van der Waals surface area contributed by atoms with Gasteiger partial charge in [-0.25, -0.2) is 0 Å². The molecule has 0 unspecified atom stereocenters. The van der Waals surface area contributed by atoms with E-state index in [1.54, 1.807) is 0 Å². The van der Waals surface area contributed by atoms with Crippen molar-refractivity contribution in [1.29, 1.82) is 0 Å². The molecule has 0 aromatic heterocycles. The van der Waals surface area contributed by atoms with E-state index in [0.29, 0.717) is 10.2 Å². The number of carbonyl (C=O) groups is 2. The van der Waals surface area contributed by atoms with Gasteiger partial charge in [0.15, 0.2) is 10.2 Å². The lowest BCUT2D eigenvalue weighted by atomic mass is 9.90. The number of rotatable bonds is 39. The first-order valence-corrected chi connectivity index (χ1v) is 23.7. The Morgan fingerprint density at radius 2 is 0.820 bits per heavy atom. The third-order valence-corrected chi connectivity index (χ3v) is 11.7. The monoisotopic (exact) mass is 736 g/mol. The average Bonchev–Trinajstić information content (AvgIpc) is 3.10. The first-order valence-electron chi connectivity index (χ1n) is 21.8. The lowest BCUT2D eigenvalue weighted by Crippen LogP contribution is -2.13. The molecule has 0 aromatic rings. The molecule has 0 heterocycles. The number of nitrogens with zero attached hydrogens (tertiary/aromatic N) is 1. The summed E-state index contributed by atoms with van der Waals surface area (Å²) in [5, 5.41) is 0.749. The Bertz CT molecular complexity index is 725. The van der Waals surface area contributed by atoms with Crippen LogP contribution in [0.25, 0.3) is 0 Å². The number of hydrogen-bond donors (Lipinski definition) is 0. The van der Waals surface area contributed by atoms with Gasteiger partial charge in [0.25, 0.3) is 0 Å². The van der Waals surface area contributed by atoms with E-state index in [2.05, 4.69) is 57.1 Å². The van der Waals surface area contributed by atoms with Gasteiger partial charge < -0.3 is 4.90 Å². The van der Waals surface area contributed by atoms with E-state index in [-0.39, 0.29) is 0 Å². The summed E-state index contributed by atoms with van der Waals surface area (Å²) in [6.07, 6.45) is 48.1. The molecule has 0 atom stereocenters. The van der Waals surface area contributed by atoms with Gasteiger partial charge in [-0.1, -0.05) is 203 Å². The Hall–Kier alpha value is -0.520. The van der Waals surface area contributed by atoms with Gasteiger partial charge in [0.2, 0.25) is 0 Å². The molecule has 3 nitrogen and oxygen atoms in total. The summed E-state index contributed by atoms with van der Waals surface area (Å²) < 4.78 is 0. The van der Waals surface area contributed by atoms with Crippen LogP contribution < -0.4 is 0 Å². The van der Waals surface area contributed by atoms with Crippen molar-refractivity contribution in [3.8, 4) is 0 Å². The minimum atomic E-state index is 0.374. The topological polar surface area (TPSA) is 37.4 Å². The number of carbonyl (C=O) groups excluding carboxylic acids is 2. The molecule has 0 N–H and O–H groups in total. The summed E-state index contributed by atoms with van der Waals surface area (Å²) in [6, 6.07) is 0. The van der Waals surface area contributed by atoms with Gasteiger partial charge in [-0.15, -0.1) is 0 Å². The maximum absolute atomic E-state index is 12.2. The summed E-state index contributed by atoms with van der Waals surface area (Å²) in [6.45, 7) is 5.73. The molecule has 0 amide bonds. The molecule has 0 saturated heterocycles. The van der Waals surface area contributed by atoms with Gasteiger partial charge >= 0.3 is 0 Å². The third-order valence-electron chi connectivity index (χ3n) is 9.92. The molecular weight excluding hydrogens is 651 g/mol. The summed E-state index contributed by atoms with van der Waals surface area (Å²) in [4.78, 5) is 26.8. The van der Waals surface area contributed by atoms with Gasteiger partial charge in [-0.2, -0.15) is 0 Å². The van der Waals surface area contributed by atoms with E-state index in [1.807, 2.05) is 0 Å². The van der Waals surface area contributed by atoms with Crippen molar-refractivity contribution in [2.24, 2.45) is 5.92 Å². The van der Waals surface area contributed by atoms with Crippen molar-refractivity contribution in [1.82, 2.24) is 4.90 Å². The molecule has 0 saturated carbocycles. The second-order valence-electron chi connectivity index (χ2n) is 15.2. The quantitative estimate of drug-likeness (QED) is 0.0464. The predicted octanol–water partition coefficient (Wildman–Crippen LogP) is 14.9. The van der Waals surface area contributed by atoms with Gasteiger partial charge in [0.05, 0.1) is 0 Å². The SMILES string of the molecule is CCCCCCCC/C=C\CSC(=O)CCCCCCCC(CCCCCCCC(=O)SC/C=C\CCCCCCCC)CCCCN(C)C. The van der Waals surface area contributed by atoms with Crippen LogP contribution in [0.3, 0.4) is 0 Å². The van der Waals surface area contributed by atoms with Crippen LogP contribution in [0.2, 0.25) is 0 Å². The fourth-order valence-corrected chi connectivity index (χ4v) is 8.06. The molecule has 0 bridgehead atoms. The average molecular weight is 736 g/mol. The van der Waals surface area contributed by atoms with E-state index >= 15 is 0 Å². The molecule has 294 valence electrons. The molecule has 0 aliphatic carbocycles. The highest BCUT2D eigenvalue weighted by Crippen LogP contribution is 2.24. The van der Waals surface area contributed by atoms with Crippen molar-refractivity contribution >= 4 is 33.8 Å². The van der Waals surface area contributed by atoms with Crippen molar-refractivity contribution < 1.29 is 9.59 Å². The highest BCUT2D eigenvalue weighted by Gasteiger charge is 2.10. The lowest BCUT2D eigenvalue weighted by Gasteiger charge is -2.18. The molecule has 50 heavy (non-hydrogen) atoms. The Labute approximate surface area is 322 Å². The molecule has 0 aliphatic rings. The molecule has 0 aliphatic heterocycles. The molecule has 0 aromatic carbocycles. The zero-order valence-corrected chi connectivity index (χ0v) is 35.6. The van der Waals surface area contributed by atoms with Gasteiger partial charge in [-0.3, -0.25) is 9.59 Å². The highest BCUT2D eigenvalue weighted by atomic mass is 32.2. The van der Waals surface area contributed by atoms with Crippen LogP contribution in [0, 0.1) is 5.92 Å². The standard InChI is InChI=1S/C45H85NO2S2/c1-5-7-9-11-13-15-17-25-33-41-49-44(47)38-29-23-19-21-27-35-43(37-31-32-40-46(3)4)36-28-22-20-24-30-39-45(48)50-42-34-26-18-16-14-12-10-8-6-2/h25-26,33-34,43H,5-24,27-32,35-42H2,1-4H3/b33-25-,34-26-. The largest absolute Gasteiger partial charge is 0.309 e. The Kier molecular flexibility index (Phi) is 40.8. The van der Waals surface area contributed by atoms with E-state index in [9.17, 15) is 9.59 Å². The van der Waals surface area contributed by atoms with Gasteiger partial charge in [0, 0.05) is 24.3 Å². The molecule has 0 rings (SSSR count). The van der Waals surface area contributed by atoms with Crippen LogP contribution in [-0.2, 0) is 9.59 Å². The maximum atomic E-state index is 12.2. The van der Waals surface area contributed by atoms with Crippen LogP contribution in [-0.4, -0.2) is 47.3 Å². The molecule has 0 fully saturated rings. The third kappa shape index (κ3) is 40.3. The minimum Gasteiger partial charge on any atom is -0.309 e. The number of thioether (sulfide) groups is 2. The van der Waals surface area contributed by atoms with E-state index in [0.717, 1.165) is 43.1 Å². The highest BCUT2D eigenvalue weighted by molar-refractivity contribution is 8.14. The van der Waals surface area contributed by atoms with Crippen molar-refractivity contribution in [2.75, 3.05) is 32.1 Å². The second kappa shape index (κ2) is 41.2. The number of unbranched alkanes of at least 4 members (excludes halogenated alkanes) is 21. The fourth-order valence-electron chi connectivity index (χ4n) is 6.64. The smallest absolute Gasteiger partial charge is 0.189 e. The zero-order chi connectivity index (χ0) is 36.6. The lowest BCUT2D eigenvalue weighted by molar-refractivity contribution is -0.111. The van der Waals surface area contributed by atoms with E-state index < -0.39 is 0 Å².